The lowest BCUT2D eigenvalue weighted by Crippen LogP contribution is -2.33. The Labute approximate surface area is 71.7 Å². The summed E-state index contributed by atoms with van der Waals surface area (Å²) in [5.41, 5.74) is 0. The van der Waals surface area contributed by atoms with E-state index in [2.05, 4.69) is 29.5 Å². The number of hydrogen-bond donors (Lipinski definition) is 0. The zero-order chi connectivity index (χ0) is 8.39. The molecule has 0 unspecified atom stereocenters. The van der Waals surface area contributed by atoms with Gasteiger partial charge in [0.2, 0.25) is 0 Å². The maximum absolute atomic E-state index is 4.20. The van der Waals surface area contributed by atoms with E-state index in [4.69, 9.17) is 0 Å². The molecule has 2 aliphatic heterocycles. The summed E-state index contributed by atoms with van der Waals surface area (Å²) in [5.74, 6) is 0. The average molecular weight is 162 g/mol. The fraction of sp³-hybridized carbons (Fsp3) is 0.429. The van der Waals surface area contributed by atoms with Gasteiger partial charge in [0.05, 0.1) is 32.1 Å². The van der Waals surface area contributed by atoms with Crippen molar-refractivity contribution in [1.29, 1.82) is 0 Å². The summed E-state index contributed by atoms with van der Waals surface area (Å²) in [6.45, 7) is 2.29. The summed E-state index contributed by atoms with van der Waals surface area (Å²) in [6.07, 6.45) is 9.79. The van der Waals surface area contributed by atoms with Crippen molar-refractivity contribution in [2.45, 2.75) is 19.7 Å². The van der Waals surface area contributed by atoms with Crippen LogP contribution in [0.4, 0.5) is 0 Å². The van der Waals surface area contributed by atoms with Gasteiger partial charge in [-0.2, -0.15) is 0 Å². The van der Waals surface area contributed by atoms with Crippen molar-refractivity contribution in [1.82, 2.24) is 0 Å². The van der Waals surface area contributed by atoms with Crippen LogP contribution in [0.5, 0.6) is 0 Å². The van der Waals surface area contributed by atoms with Crippen molar-refractivity contribution >= 4 is 31.8 Å². The lowest BCUT2D eigenvalue weighted by Gasteiger charge is -1.88. The molecule has 0 aromatic rings. The van der Waals surface area contributed by atoms with Crippen molar-refractivity contribution in [2.75, 3.05) is 0 Å². The molecule has 0 spiro atoms. The predicted molar refractivity (Wildman–Crippen MR) is 50.5 cm³/mol. The number of nitrogens with zero attached hydrogens (tertiary/aromatic N) is 4. The zero-order valence-electron chi connectivity index (χ0n) is 7.09. The third kappa shape index (κ3) is 1.22. The Balaban J connectivity index is 2.13. The first kappa shape index (κ1) is 7.40. The van der Waals surface area contributed by atoms with Crippen LogP contribution in [0.15, 0.2) is 10.2 Å². The monoisotopic (exact) mass is 162 g/mol. The van der Waals surface area contributed by atoms with E-state index in [0.29, 0.717) is 0 Å². The molecule has 0 aliphatic carbocycles. The highest BCUT2D eigenvalue weighted by atomic mass is 15.4. The molecule has 0 amide bonds. The fourth-order valence-corrected chi connectivity index (χ4v) is 1.31. The molecule has 0 aromatic carbocycles. The highest BCUT2D eigenvalue weighted by Crippen LogP contribution is 1.97. The van der Waals surface area contributed by atoms with E-state index in [1.165, 1.54) is 0 Å². The minimum Gasteiger partial charge on any atom is -0.104 e. The van der Waals surface area contributed by atoms with Crippen molar-refractivity contribution in [3.8, 4) is 0 Å². The van der Waals surface area contributed by atoms with Gasteiger partial charge in [-0.3, -0.25) is 0 Å². The van der Waals surface area contributed by atoms with Crippen LogP contribution in [0.2, 0.25) is 6.82 Å². The summed E-state index contributed by atoms with van der Waals surface area (Å²) in [5, 5.41) is 8.39. The van der Waals surface area contributed by atoms with Crippen LogP contribution in [-0.4, -0.2) is 41.0 Å². The van der Waals surface area contributed by atoms with Crippen LogP contribution in [0.3, 0.4) is 0 Å². The molecule has 0 bridgehead atoms. The van der Waals surface area contributed by atoms with E-state index < -0.39 is 0 Å². The Morgan fingerprint density at radius 1 is 1.08 bits per heavy atom. The Hall–Kier alpha value is -1.26. The van der Waals surface area contributed by atoms with E-state index in [1.807, 2.05) is 21.6 Å². The number of rotatable bonds is 2. The van der Waals surface area contributed by atoms with Gasteiger partial charge < -0.3 is 0 Å². The predicted octanol–water partition coefficient (Wildman–Crippen LogP) is 0.0500. The van der Waals surface area contributed by atoms with Crippen molar-refractivity contribution in [2.24, 2.45) is 10.2 Å². The molecule has 0 atom stereocenters. The Morgan fingerprint density at radius 3 is 1.92 bits per heavy atom. The minimum atomic E-state index is 0.211. The largest absolute Gasteiger partial charge is 0.888 e. The molecule has 60 valence electrons. The smallest absolute Gasteiger partial charge is 0.104 e. The lowest BCUT2D eigenvalue weighted by molar-refractivity contribution is -0.518. The summed E-state index contributed by atoms with van der Waals surface area (Å²) in [7, 11) is 0. The Bertz CT molecular complexity index is 273. The Morgan fingerprint density at radius 2 is 1.58 bits per heavy atom. The third-order valence-electron chi connectivity index (χ3n) is 1.99. The number of hydrazone groups is 2. The standard InChI is InChI=1S/C7H11BN4/c1-8(11-6-2-4-9-11)12-7-3-5-10-12/h4-7H,2-3H2,1H3/q+2. The van der Waals surface area contributed by atoms with Gasteiger partial charge in [-0.15, -0.1) is 9.19 Å². The normalized spacial score (nSPS) is 19.8. The minimum absolute atomic E-state index is 0.211. The molecule has 2 rings (SSSR count). The Kier molecular flexibility index (Phi) is 1.85. The quantitative estimate of drug-likeness (QED) is 0.513. The second-order valence-electron chi connectivity index (χ2n) is 2.82. The highest BCUT2D eigenvalue weighted by Gasteiger charge is 2.45. The van der Waals surface area contributed by atoms with E-state index in [0.717, 1.165) is 12.8 Å². The van der Waals surface area contributed by atoms with Gasteiger partial charge in [-0.1, -0.05) is 0 Å². The van der Waals surface area contributed by atoms with Gasteiger partial charge in [-0.05, 0) is 10.2 Å². The molecule has 0 N–H and O–H groups in total. The zero-order valence-corrected chi connectivity index (χ0v) is 7.09. The van der Waals surface area contributed by atoms with Gasteiger partial charge in [0.25, 0.3) is 0 Å². The van der Waals surface area contributed by atoms with Gasteiger partial charge >= 0.3 is 6.98 Å². The average Bonchev–Trinajstić information content (AvgIpc) is 2.77. The second-order valence-corrected chi connectivity index (χ2v) is 2.82. The third-order valence-corrected chi connectivity index (χ3v) is 1.99. The molecule has 0 aromatic heterocycles. The van der Waals surface area contributed by atoms with Gasteiger partial charge in [0, 0.05) is 0 Å². The molecule has 0 fully saturated rings. The van der Waals surface area contributed by atoms with E-state index >= 15 is 0 Å². The maximum atomic E-state index is 4.20. The summed E-state index contributed by atoms with van der Waals surface area (Å²) in [6, 6.07) is 0. The topological polar surface area (TPSA) is 30.7 Å². The molecular formula is C7H11BN4+2. The van der Waals surface area contributed by atoms with Crippen LogP contribution < -0.4 is 0 Å². The van der Waals surface area contributed by atoms with Gasteiger partial charge in [0.15, 0.2) is 12.4 Å². The van der Waals surface area contributed by atoms with Crippen LogP contribution in [0, 0.1) is 0 Å². The first-order valence-electron chi connectivity index (χ1n) is 4.16. The second kappa shape index (κ2) is 3.01. The highest BCUT2D eigenvalue weighted by molar-refractivity contribution is 6.40. The van der Waals surface area contributed by atoms with Gasteiger partial charge in [0.1, 0.15) is 0 Å². The van der Waals surface area contributed by atoms with Crippen LogP contribution in [-0.2, 0) is 0 Å². The molecule has 12 heavy (non-hydrogen) atoms. The molecule has 0 radical (unpaired) electrons. The first-order chi connectivity index (χ1) is 5.88. The molecule has 0 saturated carbocycles. The molecule has 2 aliphatic rings. The van der Waals surface area contributed by atoms with Crippen LogP contribution >= 0.6 is 0 Å². The molecule has 0 saturated heterocycles. The van der Waals surface area contributed by atoms with Crippen molar-refractivity contribution in [3.05, 3.63) is 0 Å². The van der Waals surface area contributed by atoms with E-state index in [-0.39, 0.29) is 6.98 Å². The number of hydrogen-bond acceptors (Lipinski definition) is 2. The SMILES string of the molecule is CB([N+]1=CCC=N1)[N+]1=CCC=N1. The van der Waals surface area contributed by atoms with Crippen molar-refractivity contribution < 1.29 is 9.19 Å². The summed E-state index contributed by atoms with van der Waals surface area (Å²) >= 11 is 0. The molecule has 4 nitrogen and oxygen atoms in total. The summed E-state index contributed by atoms with van der Waals surface area (Å²) < 4.78 is 3.86. The lowest BCUT2D eigenvalue weighted by atomic mass is 9.81. The fourth-order valence-electron chi connectivity index (χ4n) is 1.31. The summed E-state index contributed by atoms with van der Waals surface area (Å²) in [4.78, 5) is 0. The molecular weight excluding hydrogens is 151 g/mol. The molecule has 5 heteroatoms. The van der Waals surface area contributed by atoms with Crippen LogP contribution in [0.1, 0.15) is 12.8 Å². The first-order valence-corrected chi connectivity index (χ1v) is 4.16. The van der Waals surface area contributed by atoms with Crippen molar-refractivity contribution in [3.63, 3.8) is 0 Å². The van der Waals surface area contributed by atoms with E-state index in [9.17, 15) is 0 Å². The maximum Gasteiger partial charge on any atom is 0.888 e. The van der Waals surface area contributed by atoms with Gasteiger partial charge in [-0.25, -0.2) is 0 Å². The van der Waals surface area contributed by atoms with E-state index in [1.54, 1.807) is 0 Å². The molecule has 2 heterocycles. The van der Waals surface area contributed by atoms with Crippen LogP contribution in [0.25, 0.3) is 0 Å².